The zero-order valence-corrected chi connectivity index (χ0v) is 16.7. The lowest BCUT2D eigenvalue weighted by Crippen LogP contribution is -2.37. The minimum atomic E-state index is -0.461. The van der Waals surface area contributed by atoms with E-state index < -0.39 is 6.10 Å². The van der Waals surface area contributed by atoms with Crippen molar-refractivity contribution in [1.29, 1.82) is 0 Å². The van der Waals surface area contributed by atoms with Crippen LogP contribution in [0.5, 0.6) is 5.75 Å². The third kappa shape index (κ3) is 2.55. The van der Waals surface area contributed by atoms with Crippen molar-refractivity contribution in [3.63, 3.8) is 0 Å². The minimum absolute atomic E-state index is 0.168. The molecule has 152 valence electrons. The van der Waals surface area contributed by atoms with Gasteiger partial charge in [-0.05, 0) is 23.3 Å². The molecule has 0 spiro atoms. The maximum absolute atomic E-state index is 13.3. The predicted octanol–water partition coefficient (Wildman–Crippen LogP) is 2.53. The second-order valence-electron chi connectivity index (χ2n) is 7.52. The summed E-state index contributed by atoms with van der Waals surface area (Å²) in [6, 6.07) is 16.6. The molecule has 5 rings (SSSR count). The smallest absolute Gasteiger partial charge is 0.331 e. The van der Waals surface area contributed by atoms with Crippen molar-refractivity contribution in [3.05, 3.63) is 86.7 Å². The van der Waals surface area contributed by atoms with Crippen LogP contribution in [0.15, 0.2) is 64.2 Å². The molecular weight excluding hydrogens is 382 g/mol. The van der Waals surface area contributed by atoms with Gasteiger partial charge in [-0.1, -0.05) is 42.5 Å². The van der Waals surface area contributed by atoms with Gasteiger partial charge in [0.2, 0.25) is 0 Å². The number of fused-ring (bicyclic) bond motifs is 3. The molecule has 2 aromatic heterocycles. The van der Waals surface area contributed by atoms with E-state index in [1.807, 2.05) is 30.3 Å². The highest BCUT2D eigenvalue weighted by Gasteiger charge is 2.32. The molecule has 7 heteroatoms. The Balaban J connectivity index is 1.94. The fourth-order valence-electron chi connectivity index (χ4n) is 4.38. The Morgan fingerprint density at radius 2 is 1.67 bits per heavy atom. The first-order valence-electron chi connectivity index (χ1n) is 9.77. The van der Waals surface area contributed by atoms with E-state index in [2.05, 4.69) is 4.57 Å². The van der Waals surface area contributed by atoms with Crippen LogP contribution in [0.2, 0.25) is 0 Å². The summed E-state index contributed by atoms with van der Waals surface area (Å²) in [6.45, 7) is 1.04. The molecule has 0 unspecified atom stereocenters. The van der Waals surface area contributed by atoms with E-state index in [0.717, 1.165) is 27.1 Å². The van der Waals surface area contributed by atoms with Crippen molar-refractivity contribution in [2.24, 2.45) is 14.1 Å². The molecule has 7 nitrogen and oxygen atoms in total. The van der Waals surface area contributed by atoms with Gasteiger partial charge < -0.3 is 14.4 Å². The molecule has 30 heavy (non-hydrogen) atoms. The third-order valence-electron chi connectivity index (χ3n) is 5.80. The Labute approximate surface area is 172 Å². The highest BCUT2D eigenvalue weighted by atomic mass is 16.5. The average Bonchev–Trinajstić information content (AvgIpc) is 3.13. The first kappa shape index (κ1) is 18.4. The largest absolute Gasteiger partial charge is 0.508 e. The Morgan fingerprint density at radius 1 is 0.967 bits per heavy atom. The van der Waals surface area contributed by atoms with Crippen LogP contribution >= 0.6 is 0 Å². The normalized spacial score (nSPS) is 16.0. The molecule has 0 fully saturated rings. The van der Waals surface area contributed by atoms with Crippen LogP contribution in [0, 0.1) is 0 Å². The van der Waals surface area contributed by atoms with Crippen molar-refractivity contribution in [3.8, 4) is 17.0 Å². The van der Waals surface area contributed by atoms with Gasteiger partial charge in [0.15, 0.2) is 0 Å². The number of nitrogens with zero attached hydrogens (tertiary/aromatic N) is 3. The van der Waals surface area contributed by atoms with Gasteiger partial charge in [0.05, 0.1) is 28.9 Å². The molecule has 0 bridgehead atoms. The molecular formula is C23H21N3O4. The summed E-state index contributed by atoms with van der Waals surface area (Å²) >= 11 is 0. The van der Waals surface area contributed by atoms with Crippen molar-refractivity contribution in [2.75, 3.05) is 6.61 Å². The molecule has 1 aliphatic heterocycles. The van der Waals surface area contributed by atoms with Gasteiger partial charge in [-0.3, -0.25) is 13.9 Å². The van der Waals surface area contributed by atoms with E-state index >= 15 is 0 Å². The van der Waals surface area contributed by atoms with Crippen molar-refractivity contribution in [1.82, 2.24) is 13.7 Å². The number of ether oxygens (including phenoxy) is 1. The molecule has 2 aromatic carbocycles. The van der Waals surface area contributed by atoms with Crippen molar-refractivity contribution in [2.45, 2.75) is 12.6 Å². The summed E-state index contributed by atoms with van der Waals surface area (Å²) in [4.78, 5) is 26.0. The number of aryl methyl sites for hydroxylation is 1. The third-order valence-corrected chi connectivity index (χ3v) is 5.80. The van der Waals surface area contributed by atoms with Crippen LogP contribution < -0.4 is 11.2 Å². The number of aromatic nitrogens is 3. The van der Waals surface area contributed by atoms with Gasteiger partial charge >= 0.3 is 5.69 Å². The van der Waals surface area contributed by atoms with E-state index in [4.69, 9.17) is 4.74 Å². The first-order valence-corrected chi connectivity index (χ1v) is 9.77. The second kappa shape index (κ2) is 6.74. The molecule has 0 radical (unpaired) electrons. The molecule has 1 atom stereocenters. The van der Waals surface area contributed by atoms with E-state index in [9.17, 15) is 14.7 Å². The molecule has 0 saturated carbocycles. The number of benzene rings is 2. The topological polar surface area (TPSA) is 78.4 Å². The average molecular weight is 403 g/mol. The summed E-state index contributed by atoms with van der Waals surface area (Å²) in [6.07, 6.45) is -0.461. The lowest BCUT2D eigenvalue weighted by Gasteiger charge is -2.27. The first-order chi connectivity index (χ1) is 14.5. The lowest BCUT2D eigenvalue weighted by molar-refractivity contribution is 0.0478. The van der Waals surface area contributed by atoms with Crippen molar-refractivity contribution >= 4 is 10.9 Å². The van der Waals surface area contributed by atoms with Gasteiger partial charge in [0, 0.05) is 20.6 Å². The fourth-order valence-corrected chi connectivity index (χ4v) is 4.38. The molecule has 0 aliphatic carbocycles. The second-order valence-corrected chi connectivity index (χ2v) is 7.52. The van der Waals surface area contributed by atoms with Crippen LogP contribution in [-0.4, -0.2) is 25.4 Å². The number of phenolic OH excluding ortho intramolecular Hbond substituents is 1. The highest BCUT2D eigenvalue weighted by Crippen LogP contribution is 2.40. The maximum Gasteiger partial charge on any atom is 0.331 e. The van der Waals surface area contributed by atoms with Crippen LogP contribution in [0.25, 0.3) is 22.2 Å². The van der Waals surface area contributed by atoms with Crippen LogP contribution in [0.1, 0.15) is 17.4 Å². The van der Waals surface area contributed by atoms with Crippen LogP contribution in [0.3, 0.4) is 0 Å². The molecule has 0 saturated heterocycles. The number of phenols is 1. The van der Waals surface area contributed by atoms with E-state index in [0.29, 0.717) is 24.1 Å². The van der Waals surface area contributed by atoms with Gasteiger partial charge in [-0.15, -0.1) is 0 Å². The Bertz CT molecular complexity index is 1380. The monoisotopic (exact) mass is 403 g/mol. The zero-order valence-electron chi connectivity index (χ0n) is 16.7. The van der Waals surface area contributed by atoms with Gasteiger partial charge in [0.25, 0.3) is 5.56 Å². The molecule has 1 N–H and O–H groups in total. The van der Waals surface area contributed by atoms with E-state index in [1.54, 1.807) is 31.3 Å². The van der Waals surface area contributed by atoms with Crippen LogP contribution in [-0.2, 0) is 25.4 Å². The van der Waals surface area contributed by atoms with Crippen LogP contribution in [0.4, 0.5) is 0 Å². The SMILES string of the molecule is Cn1c(=O)c2c(-c3ccccc3)n3c(c2n(C)c1=O)[C@@H](c1ccc(O)cc1)OCC3. The molecule has 0 amide bonds. The highest BCUT2D eigenvalue weighted by molar-refractivity contribution is 5.96. The molecule has 1 aliphatic rings. The number of rotatable bonds is 2. The Hall–Kier alpha value is -3.58. The van der Waals surface area contributed by atoms with Gasteiger partial charge in [-0.2, -0.15) is 0 Å². The zero-order chi connectivity index (χ0) is 21.0. The fraction of sp³-hybridized carbons (Fsp3) is 0.217. The number of aromatic hydroxyl groups is 1. The van der Waals surface area contributed by atoms with Gasteiger partial charge in [0.1, 0.15) is 11.9 Å². The predicted molar refractivity (Wildman–Crippen MR) is 114 cm³/mol. The molecule has 3 heterocycles. The minimum Gasteiger partial charge on any atom is -0.508 e. The summed E-state index contributed by atoms with van der Waals surface area (Å²) in [5.41, 5.74) is 3.22. The number of hydrogen-bond acceptors (Lipinski definition) is 4. The van der Waals surface area contributed by atoms with E-state index in [-0.39, 0.29) is 17.0 Å². The summed E-state index contributed by atoms with van der Waals surface area (Å²) in [7, 11) is 3.19. The summed E-state index contributed by atoms with van der Waals surface area (Å²) in [5.74, 6) is 0.168. The standard InChI is InChI=1S/C23H21N3O4/c1-24-19-17(22(28)25(2)23(24)29)18(14-6-4-3-5-7-14)26-12-13-30-21(20(19)26)15-8-10-16(27)11-9-15/h3-11,21,27H,12-13H2,1-2H3/t21-/m1/s1. The maximum atomic E-state index is 13.3. The van der Waals surface area contributed by atoms with E-state index in [1.165, 1.54) is 11.6 Å². The molecule has 4 aromatic rings. The quantitative estimate of drug-likeness (QED) is 0.558. The Kier molecular flexibility index (Phi) is 4.15. The summed E-state index contributed by atoms with van der Waals surface area (Å²) in [5, 5.41) is 10.2. The number of hydrogen-bond donors (Lipinski definition) is 1. The Morgan fingerprint density at radius 3 is 2.37 bits per heavy atom. The lowest BCUT2D eigenvalue weighted by atomic mass is 10.0. The summed E-state index contributed by atoms with van der Waals surface area (Å²) < 4.78 is 10.9. The van der Waals surface area contributed by atoms with Crippen molar-refractivity contribution < 1.29 is 9.84 Å². The van der Waals surface area contributed by atoms with Gasteiger partial charge in [-0.25, -0.2) is 4.79 Å².